The molecule has 0 atom stereocenters. The molecule has 0 aliphatic heterocycles. The van der Waals surface area contributed by atoms with Crippen molar-refractivity contribution in [2.45, 2.75) is 13.8 Å². The van der Waals surface area contributed by atoms with Gasteiger partial charge >= 0.3 is 5.97 Å². The highest BCUT2D eigenvalue weighted by Gasteiger charge is 2.13. The Morgan fingerprint density at radius 3 is 2.60 bits per heavy atom. The molecule has 104 valence electrons. The van der Waals surface area contributed by atoms with Crippen molar-refractivity contribution in [3.05, 3.63) is 40.2 Å². The molecule has 0 spiro atoms. The number of aromatic hydroxyl groups is 1. The molecule has 4 nitrogen and oxygen atoms in total. The highest BCUT2D eigenvalue weighted by atomic mass is 32.1. The molecule has 0 saturated heterocycles. The maximum atomic E-state index is 11.3. The lowest BCUT2D eigenvalue weighted by Crippen LogP contribution is -1.95. The fourth-order valence-corrected chi connectivity index (χ4v) is 2.72. The summed E-state index contributed by atoms with van der Waals surface area (Å²) in [5, 5.41) is 10.3. The first kappa shape index (κ1) is 14.3. The molecule has 5 heteroatoms. The standard InChI is InChI=1S/C15H15NO3S/c1-9(8-13(18)19-3)15-14(16-10(2)20-15)11-4-6-12(17)7-5-11/h4-8,17H,1-3H3/b9-8+. The quantitative estimate of drug-likeness (QED) is 0.695. The van der Waals surface area contributed by atoms with Crippen molar-refractivity contribution in [1.29, 1.82) is 0 Å². The van der Waals surface area contributed by atoms with Crippen molar-refractivity contribution in [1.82, 2.24) is 4.98 Å². The van der Waals surface area contributed by atoms with Crippen LogP contribution in [0.3, 0.4) is 0 Å². The zero-order valence-corrected chi connectivity index (χ0v) is 12.3. The molecule has 0 fully saturated rings. The molecule has 0 aliphatic carbocycles. The summed E-state index contributed by atoms with van der Waals surface area (Å²) in [4.78, 5) is 16.8. The Morgan fingerprint density at radius 2 is 2.00 bits per heavy atom. The van der Waals surface area contributed by atoms with E-state index in [4.69, 9.17) is 0 Å². The molecule has 1 N–H and O–H groups in total. The molecule has 0 bridgehead atoms. The largest absolute Gasteiger partial charge is 0.508 e. The molecule has 0 aliphatic rings. The Morgan fingerprint density at radius 1 is 1.35 bits per heavy atom. The van der Waals surface area contributed by atoms with E-state index in [-0.39, 0.29) is 11.7 Å². The number of carbonyl (C=O) groups excluding carboxylic acids is 1. The predicted molar refractivity (Wildman–Crippen MR) is 79.6 cm³/mol. The van der Waals surface area contributed by atoms with Crippen molar-refractivity contribution in [3.63, 3.8) is 0 Å². The summed E-state index contributed by atoms with van der Waals surface area (Å²) in [6, 6.07) is 6.85. The third kappa shape index (κ3) is 3.05. The molecule has 0 saturated carbocycles. The smallest absolute Gasteiger partial charge is 0.330 e. The molecular formula is C15H15NO3S. The summed E-state index contributed by atoms with van der Waals surface area (Å²) in [5.74, 6) is -0.172. The van der Waals surface area contributed by atoms with Crippen molar-refractivity contribution >= 4 is 22.9 Å². The average Bonchev–Trinajstić information content (AvgIpc) is 2.81. The third-order valence-corrected chi connectivity index (χ3v) is 3.87. The molecule has 1 aromatic carbocycles. The van der Waals surface area contributed by atoms with Gasteiger partial charge in [-0.05, 0) is 43.7 Å². The van der Waals surface area contributed by atoms with Crippen LogP contribution in [0.15, 0.2) is 30.3 Å². The number of hydrogen-bond acceptors (Lipinski definition) is 5. The lowest BCUT2D eigenvalue weighted by molar-refractivity contribution is -0.134. The normalized spacial score (nSPS) is 11.4. The molecule has 0 radical (unpaired) electrons. The van der Waals surface area contributed by atoms with Gasteiger partial charge in [-0.1, -0.05) is 0 Å². The summed E-state index contributed by atoms with van der Waals surface area (Å²) in [7, 11) is 1.35. The number of benzene rings is 1. The summed E-state index contributed by atoms with van der Waals surface area (Å²) >= 11 is 1.52. The van der Waals surface area contributed by atoms with Crippen LogP contribution < -0.4 is 0 Å². The van der Waals surface area contributed by atoms with Gasteiger partial charge in [-0.3, -0.25) is 0 Å². The first-order chi connectivity index (χ1) is 9.51. The van der Waals surface area contributed by atoms with Crippen LogP contribution in [-0.4, -0.2) is 23.2 Å². The topological polar surface area (TPSA) is 59.4 Å². The van der Waals surface area contributed by atoms with Crippen LogP contribution in [0.1, 0.15) is 16.8 Å². The number of esters is 1. The number of thiazole rings is 1. The van der Waals surface area contributed by atoms with Gasteiger partial charge in [-0.2, -0.15) is 0 Å². The number of phenols is 1. The minimum absolute atomic E-state index is 0.212. The van der Waals surface area contributed by atoms with Crippen molar-refractivity contribution in [2.75, 3.05) is 7.11 Å². The van der Waals surface area contributed by atoms with E-state index >= 15 is 0 Å². The van der Waals surface area contributed by atoms with E-state index in [0.717, 1.165) is 26.7 Å². The number of aromatic nitrogens is 1. The van der Waals surface area contributed by atoms with Crippen LogP contribution in [0.2, 0.25) is 0 Å². The van der Waals surface area contributed by atoms with E-state index < -0.39 is 0 Å². The molecule has 0 amide bonds. The van der Waals surface area contributed by atoms with Crippen LogP contribution in [0, 0.1) is 6.92 Å². The van der Waals surface area contributed by atoms with Gasteiger partial charge in [0.1, 0.15) is 5.75 Å². The minimum Gasteiger partial charge on any atom is -0.508 e. The summed E-state index contributed by atoms with van der Waals surface area (Å²) in [6.45, 7) is 3.78. The lowest BCUT2D eigenvalue weighted by Gasteiger charge is -2.03. The second-order valence-corrected chi connectivity index (χ2v) is 5.51. The fourth-order valence-electron chi connectivity index (χ4n) is 1.81. The number of ether oxygens (including phenoxy) is 1. The van der Waals surface area contributed by atoms with Gasteiger partial charge in [0.25, 0.3) is 0 Å². The van der Waals surface area contributed by atoms with Crippen LogP contribution in [0.5, 0.6) is 5.75 Å². The molecule has 20 heavy (non-hydrogen) atoms. The SMILES string of the molecule is COC(=O)/C=C(\C)c1sc(C)nc1-c1ccc(O)cc1. The Labute approximate surface area is 121 Å². The Bertz CT molecular complexity index is 656. The Kier molecular flexibility index (Phi) is 4.20. The monoisotopic (exact) mass is 289 g/mol. The van der Waals surface area contributed by atoms with E-state index in [1.165, 1.54) is 24.5 Å². The first-order valence-corrected chi connectivity index (χ1v) is 6.86. The van der Waals surface area contributed by atoms with Gasteiger partial charge in [0.15, 0.2) is 0 Å². The molecule has 2 aromatic rings. The number of methoxy groups -OCH3 is 1. The lowest BCUT2D eigenvalue weighted by atomic mass is 10.1. The van der Waals surface area contributed by atoms with Gasteiger partial charge in [0.05, 0.1) is 22.7 Å². The summed E-state index contributed by atoms with van der Waals surface area (Å²) < 4.78 is 4.65. The second-order valence-electron chi connectivity index (χ2n) is 4.31. The number of aryl methyl sites for hydroxylation is 1. The minimum atomic E-state index is -0.384. The molecule has 1 heterocycles. The van der Waals surface area contributed by atoms with E-state index in [9.17, 15) is 9.90 Å². The van der Waals surface area contributed by atoms with E-state index in [1.807, 2.05) is 13.8 Å². The van der Waals surface area contributed by atoms with Crippen LogP contribution in [0.4, 0.5) is 0 Å². The van der Waals surface area contributed by atoms with E-state index in [0.29, 0.717) is 0 Å². The molecule has 0 unspecified atom stereocenters. The van der Waals surface area contributed by atoms with Gasteiger partial charge < -0.3 is 9.84 Å². The number of rotatable bonds is 3. The second kappa shape index (κ2) is 5.88. The number of nitrogens with zero attached hydrogens (tertiary/aromatic N) is 1. The van der Waals surface area contributed by atoms with Gasteiger partial charge in [-0.15, -0.1) is 11.3 Å². The zero-order valence-electron chi connectivity index (χ0n) is 11.5. The number of carbonyl (C=O) groups is 1. The van der Waals surface area contributed by atoms with Gasteiger partial charge in [0.2, 0.25) is 0 Å². The highest BCUT2D eigenvalue weighted by molar-refractivity contribution is 7.13. The molecule has 2 rings (SSSR count). The fraction of sp³-hybridized carbons (Fsp3) is 0.200. The van der Waals surface area contributed by atoms with Crippen LogP contribution in [0.25, 0.3) is 16.8 Å². The van der Waals surface area contributed by atoms with Crippen molar-refractivity contribution in [3.8, 4) is 17.0 Å². The van der Waals surface area contributed by atoms with Crippen molar-refractivity contribution < 1.29 is 14.6 Å². The Balaban J connectivity index is 2.48. The summed E-state index contributed by atoms with van der Waals surface area (Å²) in [6.07, 6.45) is 1.46. The third-order valence-electron chi connectivity index (χ3n) is 2.77. The van der Waals surface area contributed by atoms with E-state index in [1.54, 1.807) is 24.3 Å². The highest BCUT2D eigenvalue weighted by Crippen LogP contribution is 2.33. The molecular weight excluding hydrogens is 274 g/mol. The number of phenolic OH excluding ortho intramolecular Hbond substituents is 1. The zero-order chi connectivity index (χ0) is 14.7. The van der Waals surface area contributed by atoms with Gasteiger partial charge in [-0.25, -0.2) is 9.78 Å². The van der Waals surface area contributed by atoms with E-state index in [2.05, 4.69) is 9.72 Å². The summed E-state index contributed by atoms with van der Waals surface area (Å²) in [5.41, 5.74) is 2.52. The number of allylic oxidation sites excluding steroid dienone is 1. The predicted octanol–water partition coefficient (Wildman–Crippen LogP) is 3.40. The molecule has 1 aromatic heterocycles. The average molecular weight is 289 g/mol. The number of hydrogen-bond donors (Lipinski definition) is 1. The maximum absolute atomic E-state index is 11.3. The van der Waals surface area contributed by atoms with Crippen molar-refractivity contribution in [2.24, 2.45) is 0 Å². The Hall–Kier alpha value is -2.14. The van der Waals surface area contributed by atoms with Crippen LogP contribution >= 0.6 is 11.3 Å². The van der Waals surface area contributed by atoms with Crippen LogP contribution in [-0.2, 0) is 9.53 Å². The maximum Gasteiger partial charge on any atom is 0.330 e. The van der Waals surface area contributed by atoms with Gasteiger partial charge in [0, 0.05) is 11.6 Å². The first-order valence-electron chi connectivity index (χ1n) is 6.04.